The minimum absolute atomic E-state index is 0.0204. The second-order valence-corrected chi connectivity index (χ2v) is 6.87. The Labute approximate surface area is 116 Å². The second-order valence-electron chi connectivity index (χ2n) is 5.93. The van der Waals surface area contributed by atoms with Crippen LogP contribution in [0.1, 0.15) is 38.4 Å². The Bertz CT molecular complexity index is 393. The third-order valence-corrected chi connectivity index (χ3v) is 3.53. The molecule has 1 atom stereocenters. The second kappa shape index (κ2) is 6.22. The van der Waals surface area contributed by atoms with Crippen molar-refractivity contribution in [3.63, 3.8) is 0 Å². The molecule has 0 radical (unpaired) electrons. The SMILES string of the molecule is CC(CNCC(F)(F)F)Cc1nc(C(C)(C)C)cs1. The van der Waals surface area contributed by atoms with Gasteiger partial charge in [-0.3, -0.25) is 0 Å². The van der Waals surface area contributed by atoms with Crippen LogP contribution in [0.5, 0.6) is 0 Å². The molecule has 1 unspecified atom stereocenters. The molecule has 1 rings (SSSR count). The van der Waals surface area contributed by atoms with Crippen molar-refractivity contribution in [3.8, 4) is 0 Å². The molecular formula is C13H21F3N2S. The van der Waals surface area contributed by atoms with Gasteiger partial charge < -0.3 is 5.32 Å². The van der Waals surface area contributed by atoms with Gasteiger partial charge in [0, 0.05) is 17.2 Å². The number of aromatic nitrogens is 1. The van der Waals surface area contributed by atoms with Gasteiger partial charge in [-0.15, -0.1) is 11.3 Å². The Morgan fingerprint density at radius 3 is 2.42 bits per heavy atom. The first-order chi connectivity index (χ1) is 8.58. The van der Waals surface area contributed by atoms with Crippen molar-refractivity contribution >= 4 is 11.3 Å². The van der Waals surface area contributed by atoms with Gasteiger partial charge in [0.25, 0.3) is 0 Å². The maximum absolute atomic E-state index is 12.0. The highest BCUT2D eigenvalue weighted by molar-refractivity contribution is 7.09. The average Bonchev–Trinajstić information content (AvgIpc) is 2.63. The molecule has 0 amide bonds. The third-order valence-electron chi connectivity index (χ3n) is 2.66. The molecule has 0 bridgehead atoms. The molecule has 0 saturated carbocycles. The van der Waals surface area contributed by atoms with Crippen LogP contribution in [-0.2, 0) is 11.8 Å². The molecule has 0 aliphatic carbocycles. The van der Waals surface area contributed by atoms with Gasteiger partial charge in [-0.1, -0.05) is 27.7 Å². The number of halogens is 3. The lowest BCUT2D eigenvalue weighted by Gasteiger charge is -2.15. The van der Waals surface area contributed by atoms with Gasteiger partial charge >= 0.3 is 6.18 Å². The zero-order valence-corrected chi connectivity index (χ0v) is 12.6. The first-order valence-electron chi connectivity index (χ1n) is 6.30. The highest BCUT2D eigenvalue weighted by Gasteiger charge is 2.26. The first-order valence-corrected chi connectivity index (χ1v) is 7.18. The van der Waals surface area contributed by atoms with Gasteiger partial charge in [-0.25, -0.2) is 4.98 Å². The molecule has 6 heteroatoms. The number of nitrogens with zero attached hydrogens (tertiary/aromatic N) is 1. The van der Waals surface area contributed by atoms with Crippen molar-refractivity contribution in [2.24, 2.45) is 5.92 Å². The predicted octanol–water partition coefficient (Wildman–Crippen LogP) is 3.77. The van der Waals surface area contributed by atoms with E-state index in [1.54, 1.807) is 11.3 Å². The molecular weight excluding hydrogens is 273 g/mol. The summed E-state index contributed by atoms with van der Waals surface area (Å²) in [5, 5.41) is 5.46. The van der Waals surface area contributed by atoms with Crippen LogP contribution >= 0.6 is 11.3 Å². The topological polar surface area (TPSA) is 24.9 Å². The summed E-state index contributed by atoms with van der Waals surface area (Å²) in [5.41, 5.74) is 1.06. The van der Waals surface area contributed by atoms with Crippen LogP contribution in [0.2, 0.25) is 0 Å². The Balaban J connectivity index is 2.40. The summed E-state index contributed by atoms with van der Waals surface area (Å²) in [5.74, 6) is 0.140. The lowest BCUT2D eigenvalue weighted by atomic mass is 9.93. The Kier molecular flexibility index (Phi) is 5.38. The number of alkyl halides is 3. The third kappa shape index (κ3) is 6.38. The van der Waals surface area contributed by atoms with Crippen LogP contribution in [0, 0.1) is 5.92 Å². The zero-order valence-electron chi connectivity index (χ0n) is 11.8. The summed E-state index contributed by atoms with van der Waals surface area (Å²) < 4.78 is 36.0. The van der Waals surface area contributed by atoms with Crippen molar-refractivity contribution in [1.29, 1.82) is 0 Å². The standard InChI is InChI=1S/C13H21F3N2S/c1-9(6-17-8-13(14,15)16)5-11-18-10(7-19-11)12(2,3)4/h7,9,17H,5-6,8H2,1-4H3. The fourth-order valence-corrected chi connectivity index (χ4v) is 2.77. The maximum Gasteiger partial charge on any atom is 0.401 e. The van der Waals surface area contributed by atoms with E-state index >= 15 is 0 Å². The summed E-state index contributed by atoms with van der Waals surface area (Å²) in [7, 11) is 0. The molecule has 1 aromatic rings. The Morgan fingerprint density at radius 2 is 1.95 bits per heavy atom. The highest BCUT2D eigenvalue weighted by atomic mass is 32.1. The van der Waals surface area contributed by atoms with Gasteiger partial charge in [-0.05, 0) is 12.5 Å². The number of hydrogen-bond donors (Lipinski definition) is 1. The summed E-state index contributed by atoms with van der Waals surface area (Å²) in [6.45, 7) is 7.65. The summed E-state index contributed by atoms with van der Waals surface area (Å²) in [6.07, 6.45) is -3.42. The quantitative estimate of drug-likeness (QED) is 0.894. The Hall–Kier alpha value is -0.620. The molecule has 2 nitrogen and oxygen atoms in total. The molecule has 110 valence electrons. The minimum Gasteiger partial charge on any atom is -0.308 e. The van der Waals surface area contributed by atoms with Gasteiger partial charge in [0.15, 0.2) is 0 Å². The van der Waals surface area contributed by atoms with Crippen LogP contribution in [0.15, 0.2) is 5.38 Å². The average molecular weight is 294 g/mol. The van der Waals surface area contributed by atoms with E-state index in [-0.39, 0.29) is 11.3 Å². The van der Waals surface area contributed by atoms with E-state index in [0.29, 0.717) is 13.0 Å². The molecule has 1 aromatic heterocycles. The molecule has 0 aliphatic heterocycles. The number of thiazole rings is 1. The van der Waals surface area contributed by atoms with E-state index in [1.165, 1.54) is 0 Å². The summed E-state index contributed by atoms with van der Waals surface area (Å²) in [4.78, 5) is 4.55. The van der Waals surface area contributed by atoms with Crippen molar-refractivity contribution < 1.29 is 13.2 Å². The monoisotopic (exact) mass is 294 g/mol. The molecule has 0 saturated heterocycles. The van der Waals surface area contributed by atoms with Crippen molar-refractivity contribution in [2.45, 2.75) is 45.7 Å². The molecule has 0 spiro atoms. The van der Waals surface area contributed by atoms with E-state index in [4.69, 9.17) is 0 Å². The van der Waals surface area contributed by atoms with Crippen molar-refractivity contribution in [3.05, 3.63) is 16.1 Å². The normalized spacial score (nSPS) is 14.7. The van der Waals surface area contributed by atoms with E-state index in [9.17, 15) is 13.2 Å². The zero-order chi connectivity index (χ0) is 14.7. The molecule has 0 aliphatic rings. The molecule has 0 aromatic carbocycles. The van der Waals surface area contributed by atoms with E-state index < -0.39 is 12.7 Å². The van der Waals surface area contributed by atoms with Gasteiger partial charge in [0.2, 0.25) is 0 Å². The predicted molar refractivity (Wildman–Crippen MR) is 72.6 cm³/mol. The van der Waals surface area contributed by atoms with Gasteiger partial charge in [0.05, 0.1) is 17.2 Å². The first kappa shape index (κ1) is 16.4. The molecule has 1 N–H and O–H groups in total. The molecule has 1 heterocycles. The van der Waals surface area contributed by atoms with Crippen LogP contribution in [0.3, 0.4) is 0 Å². The largest absolute Gasteiger partial charge is 0.401 e. The number of hydrogen-bond acceptors (Lipinski definition) is 3. The van der Waals surface area contributed by atoms with Crippen LogP contribution in [-0.4, -0.2) is 24.2 Å². The smallest absolute Gasteiger partial charge is 0.308 e. The lowest BCUT2D eigenvalue weighted by Crippen LogP contribution is -2.32. The lowest BCUT2D eigenvalue weighted by molar-refractivity contribution is -0.125. The molecule has 19 heavy (non-hydrogen) atoms. The van der Waals surface area contributed by atoms with Crippen molar-refractivity contribution in [2.75, 3.05) is 13.1 Å². The fraction of sp³-hybridized carbons (Fsp3) is 0.769. The fourth-order valence-electron chi connectivity index (χ4n) is 1.58. The Morgan fingerprint density at radius 1 is 1.32 bits per heavy atom. The summed E-state index contributed by atoms with van der Waals surface area (Å²) in [6, 6.07) is 0. The van der Waals surface area contributed by atoms with E-state index in [0.717, 1.165) is 10.7 Å². The van der Waals surface area contributed by atoms with Gasteiger partial charge in [-0.2, -0.15) is 13.2 Å². The van der Waals surface area contributed by atoms with Crippen LogP contribution < -0.4 is 5.32 Å². The van der Waals surface area contributed by atoms with Gasteiger partial charge in [0.1, 0.15) is 0 Å². The van der Waals surface area contributed by atoms with E-state index in [2.05, 4.69) is 31.1 Å². The molecule has 0 fully saturated rings. The highest BCUT2D eigenvalue weighted by Crippen LogP contribution is 2.25. The van der Waals surface area contributed by atoms with Crippen LogP contribution in [0.4, 0.5) is 13.2 Å². The van der Waals surface area contributed by atoms with Crippen LogP contribution in [0.25, 0.3) is 0 Å². The number of nitrogens with one attached hydrogen (secondary N) is 1. The number of rotatable bonds is 5. The van der Waals surface area contributed by atoms with E-state index in [1.807, 2.05) is 12.3 Å². The summed E-state index contributed by atoms with van der Waals surface area (Å²) >= 11 is 1.58. The minimum atomic E-state index is -4.14. The van der Waals surface area contributed by atoms with Crippen molar-refractivity contribution in [1.82, 2.24) is 10.3 Å². The maximum atomic E-state index is 12.0.